The Hall–Kier alpha value is -3.95. The summed E-state index contributed by atoms with van der Waals surface area (Å²) in [4.78, 5) is 32.7. The first-order chi connectivity index (χ1) is 18.4. The average Bonchev–Trinajstić information content (AvgIpc) is 3.55. The van der Waals surface area contributed by atoms with Crippen LogP contribution >= 0.6 is 0 Å². The molecule has 3 atom stereocenters. The third-order valence-corrected chi connectivity index (χ3v) is 7.25. The van der Waals surface area contributed by atoms with E-state index in [1.165, 1.54) is 12.0 Å². The minimum Gasteiger partial charge on any atom is -0.472 e. The SMILES string of the molecule is C=Cc1cnc2c3cc(ccc13)CCCCc1nnc(o1)N[C@@H](C(C)C)C(=O)N1CC(C[C@H]1C(=O)OC)O2. The van der Waals surface area contributed by atoms with Crippen LogP contribution < -0.4 is 10.1 Å². The molecule has 1 fully saturated rings. The van der Waals surface area contributed by atoms with Crippen molar-refractivity contribution < 1.29 is 23.5 Å². The zero-order chi connectivity index (χ0) is 26.8. The number of aryl methyl sites for hydroxylation is 2. The summed E-state index contributed by atoms with van der Waals surface area (Å²) < 4.78 is 17.3. The van der Waals surface area contributed by atoms with Crippen LogP contribution in [-0.2, 0) is 27.2 Å². The molecule has 1 saturated heterocycles. The molecule has 1 N–H and O–H groups in total. The number of nitrogens with one attached hydrogen (secondary N) is 1. The van der Waals surface area contributed by atoms with Crippen LogP contribution in [0.2, 0.25) is 0 Å². The highest BCUT2D eigenvalue weighted by Crippen LogP contribution is 2.32. The summed E-state index contributed by atoms with van der Waals surface area (Å²) in [6.07, 6.45) is 6.68. The fourth-order valence-electron chi connectivity index (χ4n) is 5.19. The van der Waals surface area contributed by atoms with Gasteiger partial charge in [0.15, 0.2) is 0 Å². The summed E-state index contributed by atoms with van der Waals surface area (Å²) in [5.74, 6) is 0.137. The third-order valence-electron chi connectivity index (χ3n) is 7.25. The van der Waals surface area contributed by atoms with E-state index in [0.29, 0.717) is 24.6 Å². The highest BCUT2D eigenvalue weighted by molar-refractivity contribution is 5.94. The van der Waals surface area contributed by atoms with Crippen LogP contribution in [0.15, 0.2) is 35.4 Å². The van der Waals surface area contributed by atoms with E-state index < -0.39 is 24.2 Å². The number of fused-ring (bicyclic) bond motifs is 5. The Morgan fingerprint density at radius 1 is 1.24 bits per heavy atom. The van der Waals surface area contributed by atoms with Gasteiger partial charge in [-0.15, -0.1) is 5.10 Å². The summed E-state index contributed by atoms with van der Waals surface area (Å²) >= 11 is 0. The van der Waals surface area contributed by atoms with Gasteiger partial charge in [0, 0.05) is 30.0 Å². The lowest BCUT2D eigenvalue weighted by atomic mass is 10.0. The number of rotatable bonds is 3. The lowest BCUT2D eigenvalue weighted by Gasteiger charge is -2.29. The molecule has 0 spiro atoms. The molecule has 6 bridgehead atoms. The van der Waals surface area contributed by atoms with E-state index in [0.717, 1.165) is 41.2 Å². The van der Waals surface area contributed by atoms with Gasteiger partial charge in [0.25, 0.3) is 0 Å². The van der Waals surface area contributed by atoms with Crippen molar-refractivity contribution in [2.45, 2.75) is 64.1 Å². The molecule has 0 aliphatic carbocycles. The Bertz CT molecular complexity index is 1350. The topological polar surface area (TPSA) is 120 Å². The van der Waals surface area contributed by atoms with Crippen LogP contribution in [0.3, 0.4) is 0 Å². The minimum absolute atomic E-state index is 0.114. The molecule has 200 valence electrons. The predicted molar refractivity (Wildman–Crippen MR) is 142 cm³/mol. The van der Waals surface area contributed by atoms with Crippen molar-refractivity contribution >= 4 is 34.7 Å². The van der Waals surface area contributed by atoms with Crippen LogP contribution in [-0.4, -0.2) is 63.8 Å². The molecule has 5 rings (SSSR count). The maximum Gasteiger partial charge on any atom is 0.328 e. The monoisotopic (exact) mass is 519 g/mol. The molecule has 2 aliphatic rings. The number of nitrogens with zero attached hydrogens (tertiary/aromatic N) is 4. The molecule has 10 heteroatoms. The van der Waals surface area contributed by atoms with Crippen LogP contribution in [0.25, 0.3) is 16.8 Å². The van der Waals surface area contributed by atoms with Crippen molar-refractivity contribution in [2.24, 2.45) is 5.92 Å². The second-order valence-electron chi connectivity index (χ2n) is 10.2. The van der Waals surface area contributed by atoms with Crippen LogP contribution in [0.4, 0.5) is 6.01 Å². The van der Waals surface area contributed by atoms with Gasteiger partial charge in [-0.1, -0.05) is 43.7 Å². The second kappa shape index (κ2) is 10.8. The van der Waals surface area contributed by atoms with Crippen LogP contribution in [0.5, 0.6) is 5.88 Å². The summed E-state index contributed by atoms with van der Waals surface area (Å²) in [6, 6.07) is 5.02. The molecule has 1 aromatic carbocycles. The first-order valence-electron chi connectivity index (χ1n) is 13.1. The van der Waals surface area contributed by atoms with E-state index in [2.05, 4.69) is 45.3 Å². The lowest BCUT2D eigenvalue weighted by Crippen LogP contribution is -2.50. The molecule has 2 aliphatic heterocycles. The first kappa shape index (κ1) is 25.7. The molecule has 38 heavy (non-hydrogen) atoms. The highest BCUT2D eigenvalue weighted by atomic mass is 16.5. The minimum atomic E-state index is -0.782. The summed E-state index contributed by atoms with van der Waals surface area (Å²) in [5, 5.41) is 13.2. The van der Waals surface area contributed by atoms with Gasteiger partial charge in [-0.3, -0.25) is 4.79 Å². The summed E-state index contributed by atoms with van der Waals surface area (Å²) in [6.45, 7) is 7.98. The van der Waals surface area contributed by atoms with Crippen LogP contribution in [0.1, 0.15) is 50.1 Å². The van der Waals surface area contributed by atoms with Gasteiger partial charge >= 0.3 is 12.0 Å². The highest BCUT2D eigenvalue weighted by Gasteiger charge is 2.44. The number of hydrogen-bond donors (Lipinski definition) is 1. The second-order valence-corrected chi connectivity index (χ2v) is 10.2. The van der Waals surface area contributed by atoms with Crippen molar-refractivity contribution in [2.75, 3.05) is 19.0 Å². The number of aromatic nitrogens is 3. The maximum absolute atomic E-state index is 13.8. The number of anilines is 1. The van der Waals surface area contributed by atoms with Gasteiger partial charge < -0.3 is 24.1 Å². The Labute approximate surface area is 221 Å². The van der Waals surface area contributed by atoms with Crippen molar-refractivity contribution in [1.29, 1.82) is 0 Å². The van der Waals surface area contributed by atoms with Gasteiger partial charge in [0.1, 0.15) is 18.2 Å². The number of pyridine rings is 1. The third kappa shape index (κ3) is 5.07. The van der Waals surface area contributed by atoms with E-state index in [-0.39, 0.29) is 24.4 Å². The number of methoxy groups -OCH3 is 1. The molecule has 1 amide bonds. The van der Waals surface area contributed by atoms with E-state index in [9.17, 15) is 9.59 Å². The molecule has 3 aromatic rings. The number of carbonyl (C=O) groups excluding carboxylic acids is 2. The molecule has 10 nitrogen and oxygen atoms in total. The predicted octanol–water partition coefficient (Wildman–Crippen LogP) is 3.80. The van der Waals surface area contributed by atoms with Gasteiger partial charge in [-0.25, -0.2) is 9.78 Å². The van der Waals surface area contributed by atoms with Gasteiger partial charge in [0.05, 0.1) is 13.7 Å². The molecule has 0 saturated carbocycles. The molecule has 0 radical (unpaired) electrons. The van der Waals surface area contributed by atoms with E-state index in [1.807, 2.05) is 13.8 Å². The molecule has 1 unspecified atom stereocenters. The summed E-state index contributed by atoms with van der Waals surface area (Å²) in [7, 11) is 1.32. The standard InChI is InChI=1S/C28H33N5O5/c1-5-18-14-29-25-21-12-17(10-11-20(18)21)8-6-7-9-23-31-32-28(38-23)30-24(16(2)3)26(34)33-15-19(37-25)13-22(33)27(35)36-4/h5,10-12,14,16,19,22,24H,1,6-9,13,15H2,2-4H3,(H,30,32)/t19?,22-,24-/m0/s1. The van der Waals surface area contributed by atoms with Crippen molar-refractivity contribution in [1.82, 2.24) is 20.1 Å². The quantitative estimate of drug-likeness (QED) is 0.515. The maximum atomic E-state index is 13.8. The number of carbonyl (C=O) groups is 2. The van der Waals surface area contributed by atoms with Gasteiger partial charge in [-0.05, 0) is 42.2 Å². The zero-order valence-corrected chi connectivity index (χ0v) is 22.0. The fourth-order valence-corrected chi connectivity index (χ4v) is 5.19. The Morgan fingerprint density at radius 2 is 2.05 bits per heavy atom. The van der Waals surface area contributed by atoms with Crippen molar-refractivity contribution in [3.05, 3.63) is 48.0 Å². The van der Waals surface area contributed by atoms with Crippen molar-refractivity contribution in [3.8, 4) is 5.88 Å². The zero-order valence-electron chi connectivity index (χ0n) is 22.0. The molecule has 4 heterocycles. The first-order valence-corrected chi connectivity index (χ1v) is 13.1. The van der Waals surface area contributed by atoms with Gasteiger partial charge in [-0.2, -0.15) is 0 Å². The van der Waals surface area contributed by atoms with E-state index in [1.54, 1.807) is 12.3 Å². The number of esters is 1. The molecular weight excluding hydrogens is 486 g/mol. The molecule has 2 aromatic heterocycles. The van der Waals surface area contributed by atoms with Gasteiger partial charge in [0.2, 0.25) is 17.7 Å². The Balaban J connectivity index is 1.55. The largest absolute Gasteiger partial charge is 0.472 e. The number of benzene rings is 1. The lowest BCUT2D eigenvalue weighted by molar-refractivity contribution is -0.151. The average molecular weight is 520 g/mol. The number of amides is 1. The fraction of sp³-hybridized carbons (Fsp3) is 0.464. The number of hydrogen-bond acceptors (Lipinski definition) is 9. The smallest absolute Gasteiger partial charge is 0.328 e. The Morgan fingerprint density at radius 3 is 2.82 bits per heavy atom. The Kier molecular flexibility index (Phi) is 7.31. The van der Waals surface area contributed by atoms with Crippen molar-refractivity contribution in [3.63, 3.8) is 0 Å². The molecular formula is C28H33N5O5. The summed E-state index contributed by atoms with van der Waals surface area (Å²) in [5.41, 5.74) is 2.07. The van der Waals surface area contributed by atoms with Crippen LogP contribution in [0, 0.1) is 5.92 Å². The normalized spacial score (nSPS) is 22.1. The number of ether oxygens (including phenoxy) is 2. The van der Waals surface area contributed by atoms with E-state index >= 15 is 0 Å². The van der Waals surface area contributed by atoms with E-state index in [4.69, 9.17) is 13.9 Å².